The summed E-state index contributed by atoms with van der Waals surface area (Å²) >= 11 is 0. The Balaban J connectivity index is 2.67. The predicted molar refractivity (Wildman–Crippen MR) is 65.0 cm³/mol. The SMILES string of the molecule is CCCCC(C)(CCCC)c1cn[nH]c1. The summed E-state index contributed by atoms with van der Waals surface area (Å²) in [6.45, 7) is 6.90. The molecule has 1 aromatic rings. The van der Waals surface area contributed by atoms with Gasteiger partial charge in [0, 0.05) is 6.20 Å². The van der Waals surface area contributed by atoms with Gasteiger partial charge in [-0.25, -0.2) is 0 Å². The molecule has 0 bridgehead atoms. The lowest BCUT2D eigenvalue weighted by atomic mass is 9.76. The molecule has 15 heavy (non-hydrogen) atoms. The van der Waals surface area contributed by atoms with E-state index in [4.69, 9.17) is 0 Å². The standard InChI is InChI=1S/C13H24N2/c1-4-6-8-13(3,9-7-5-2)12-10-14-15-11-12/h10-11H,4-9H2,1-3H3,(H,14,15). The first-order valence-corrected chi connectivity index (χ1v) is 6.22. The molecular weight excluding hydrogens is 184 g/mol. The number of nitrogens with one attached hydrogen (secondary N) is 1. The van der Waals surface area contributed by atoms with Crippen LogP contribution in [-0.4, -0.2) is 10.2 Å². The Morgan fingerprint density at radius 1 is 1.20 bits per heavy atom. The molecule has 1 heterocycles. The average Bonchev–Trinajstić information content (AvgIpc) is 2.77. The van der Waals surface area contributed by atoms with Gasteiger partial charge in [0.05, 0.1) is 6.20 Å². The summed E-state index contributed by atoms with van der Waals surface area (Å²) in [6, 6.07) is 0. The van der Waals surface area contributed by atoms with Gasteiger partial charge in [0.1, 0.15) is 0 Å². The van der Waals surface area contributed by atoms with E-state index >= 15 is 0 Å². The fraction of sp³-hybridized carbons (Fsp3) is 0.769. The molecule has 2 nitrogen and oxygen atoms in total. The van der Waals surface area contributed by atoms with Gasteiger partial charge in [0.15, 0.2) is 0 Å². The molecule has 0 aromatic carbocycles. The van der Waals surface area contributed by atoms with Crippen LogP contribution in [0.1, 0.15) is 64.9 Å². The highest BCUT2D eigenvalue weighted by Gasteiger charge is 2.25. The van der Waals surface area contributed by atoms with E-state index in [-0.39, 0.29) is 0 Å². The quantitative estimate of drug-likeness (QED) is 0.719. The van der Waals surface area contributed by atoms with Crippen LogP contribution in [0.25, 0.3) is 0 Å². The van der Waals surface area contributed by atoms with Crippen molar-refractivity contribution in [2.24, 2.45) is 0 Å². The third-order valence-corrected chi connectivity index (χ3v) is 3.36. The van der Waals surface area contributed by atoms with Gasteiger partial charge in [-0.3, -0.25) is 5.10 Å². The topological polar surface area (TPSA) is 28.7 Å². The molecule has 0 aliphatic rings. The Morgan fingerprint density at radius 2 is 1.80 bits per heavy atom. The van der Waals surface area contributed by atoms with Gasteiger partial charge < -0.3 is 0 Å². The smallest absolute Gasteiger partial charge is 0.0524 e. The molecule has 2 heteroatoms. The van der Waals surface area contributed by atoms with E-state index in [1.54, 1.807) is 0 Å². The maximum atomic E-state index is 4.08. The minimum Gasteiger partial charge on any atom is -0.285 e. The molecule has 0 amide bonds. The van der Waals surface area contributed by atoms with Gasteiger partial charge in [-0.2, -0.15) is 5.10 Å². The van der Waals surface area contributed by atoms with Crippen LogP contribution in [0.5, 0.6) is 0 Å². The van der Waals surface area contributed by atoms with E-state index in [9.17, 15) is 0 Å². The van der Waals surface area contributed by atoms with Gasteiger partial charge in [-0.1, -0.05) is 46.5 Å². The van der Waals surface area contributed by atoms with E-state index in [2.05, 4.69) is 37.2 Å². The molecule has 0 spiro atoms. The van der Waals surface area contributed by atoms with Crippen LogP contribution in [0, 0.1) is 0 Å². The van der Waals surface area contributed by atoms with Crippen LogP contribution in [0.2, 0.25) is 0 Å². The van der Waals surface area contributed by atoms with Crippen LogP contribution in [0.4, 0.5) is 0 Å². The normalized spacial score (nSPS) is 11.9. The van der Waals surface area contributed by atoms with E-state index in [0.717, 1.165) is 0 Å². The Hall–Kier alpha value is -0.790. The Morgan fingerprint density at radius 3 is 2.20 bits per heavy atom. The van der Waals surface area contributed by atoms with Crippen molar-refractivity contribution in [3.05, 3.63) is 18.0 Å². The second kappa shape index (κ2) is 5.94. The van der Waals surface area contributed by atoms with Crippen molar-refractivity contribution in [3.8, 4) is 0 Å². The van der Waals surface area contributed by atoms with Gasteiger partial charge in [-0.05, 0) is 23.8 Å². The minimum atomic E-state index is 0.332. The number of nitrogens with zero attached hydrogens (tertiary/aromatic N) is 1. The lowest BCUT2D eigenvalue weighted by Crippen LogP contribution is -2.21. The van der Waals surface area contributed by atoms with Crippen molar-refractivity contribution in [2.75, 3.05) is 0 Å². The summed E-state index contributed by atoms with van der Waals surface area (Å²) in [5.41, 5.74) is 1.71. The van der Waals surface area contributed by atoms with Crippen LogP contribution >= 0.6 is 0 Å². The Kier molecular flexibility index (Phi) is 4.86. The lowest BCUT2D eigenvalue weighted by molar-refractivity contribution is 0.374. The highest BCUT2D eigenvalue weighted by Crippen LogP contribution is 2.34. The van der Waals surface area contributed by atoms with Crippen LogP contribution in [0.15, 0.2) is 12.4 Å². The molecule has 0 saturated heterocycles. The number of hydrogen-bond donors (Lipinski definition) is 1. The third kappa shape index (κ3) is 3.37. The van der Waals surface area contributed by atoms with Crippen molar-refractivity contribution in [1.82, 2.24) is 10.2 Å². The molecule has 0 radical (unpaired) electrons. The summed E-state index contributed by atoms with van der Waals surface area (Å²) in [4.78, 5) is 0. The summed E-state index contributed by atoms with van der Waals surface area (Å²) in [5, 5.41) is 7.02. The second-order valence-electron chi connectivity index (χ2n) is 4.75. The van der Waals surface area contributed by atoms with E-state index in [1.165, 1.54) is 44.1 Å². The van der Waals surface area contributed by atoms with Crippen molar-refractivity contribution in [3.63, 3.8) is 0 Å². The van der Waals surface area contributed by atoms with Crippen molar-refractivity contribution in [1.29, 1.82) is 0 Å². The number of hydrogen-bond acceptors (Lipinski definition) is 1. The summed E-state index contributed by atoms with van der Waals surface area (Å²) < 4.78 is 0. The van der Waals surface area contributed by atoms with Crippen LogP contribution < -0.4 is 0 Å². The monoisotopic (exact) mass is 208 g/mol. The highest BCUT2D eigenvalue weighted by atomic mass is 15.1. The van der Waals surface area contributed by atoms with E-state index in [0.29, 0.717) is 5.41 Å². The van der Waals surface area contributed by atoms with Gasteiger partial charge in [0.25, 0.3) is 0 Å². The molecular formula is C13H24N2. The second-order valence-corrected chi connectivity index (χ2v) is 4.75. The highest BCUT2D eigenvalue weighted by molar-refractivity contribution is 5.17. The number of rotatable bonds is 7. The fourth-order valence-electron chi connectivity index (χ4n) is 2.13. The van der Waals surface area contributed by atoms with Crippen LogP contribution in [0.3, 0.4) is 0 Å². The number of aromatic nitrogens is 2. The zero-order valence-electron chi connectivity index (χ0n) is 10.3. The zero-order valence-corrected chi connectivity index (χ0v) is 10.3. The molecule has 0 fully saturated rings. The van der Waals surface area contributed by atoms with E-state index in [1.807, 2.05) is 6.20 Å². The molecule has 0 saturated carbocycles. The summed E-state index contributed by atoms with van der Waals surface area (Å²) in [7, 11) is 0. The Bertz CT molecular complexity index is 244. The number of unbranched alkanes of at least 4 members (excludes halogenated alkanes) is 2. The predicted octanol–water partition coefficient (Wildman–Crippen LogP) is 4.05. The number of H-pyrrole nitrogens is 1. The van der Waals surface area contributed by atoms with Crippen LogP contribution in [-0.2, 0) is 5.41 Å². The molecule has 1 rings (SSSR count). The average molecular weight is 208 g/mol. The minimum absolute atomic E-state index is 0.332. The van der Waals surface area contributed by atoms with Crippen molar-refractivity contribution >= 4 is 0 Å². The van der Waals surface area contributed by atoms with Gasteiger partial charge in [-0.15, -0.1) is 0 Å². The maximum absolute atomic E-state index is 4.08. The molecule has 1 N–H and O–H groups in total. The van der Waals surface area contributed by atoms with Gasteiger partial charge in [0.2, 0.25) is 0 Å². The zero-order chi connectivity index (χ0) is 11.1. The number of aromatic amines is 1. The molecule has 0 unspecified atom stereocenters. The first kappa shape index (κ1) is 12.3. The van der Waals surface area contributed by atoms with Crippen molar-refractivity contribution in [2.45, 2.75) is 64.7 Å². The van der Waals surface area contributed by atoms with Crippen molar-refractivity contribution < 1.29 is 0 Å². The summed E-state index contributed by atoms with van der Waals surface area (Å²) in [5.74, 6) is 0. The fourth-order valence-corrected chi connectivity index (χ4v) is 2.13. The molecule has 86 valence electrons. The molecule has 0 aliphatic heterocycles. The molecule has 1 aromatic heterocycles. The third-order valence-electron chi connectivity index (χ3n) is 3.36. The van der Waals surface area contributed by atoms with E-state index < -0.39 is 0 Å². The maximum Gasteiger partial charge on any atom is 0.0524 e. The Labute approximate surface area is 93.5 Å². The largest absolute Gasteiger partial charge is 0.285 e. The van der Waals surface area contributed by atoms with Gasteiger partial charge >= 0.3 is 0 Å². The molecule has 0 atom stereocenters. The summed E-state index contributed by atoms with van der Waals surface area (Å²) in [6.07, 6.45) is 11.8. The molecule has 0 aliphatic carbocycles. The first-order chi connectivity index (χ1) is 7.23. The lowest BCUT2D eigenvalue weighted by Gasteiger charge is -2.28. The first-order valence-electron chi connectivity index (χ1n) is 6.22.